The number of hydrogen-bond acceptors (Lipinski definition) is 7. The van der Waals surface area contributed by atoms with Gasteiger partial charge in [-0.2, -0.15) is 0 Å². The summed E-state index contributed by atoms with van der Waals surface area (Å²) in [5.74, 6) is -2.46. The van der Waals surface area contributed by atoms with Crippen LogP contribution in [0.25, 0.3) is 0 Å². The molecule has 0 radical (unpaired) electrons. The molecule has 0 amide bonds. The molecule has 10 heteroatoms. The van der Waals surface area contributed by atoms with Gasteiger partial charge in [0.25, 0.3) is 0 Å². The fraction of sp³-hybridized carbons (Fsp3) is 1.00. The Morgan fingerprint density at radius 1 is 1.38 bits per heavy atom. The smallest absolute Gasteiger partial charge is 0.394 e. The monoisotopic (exact) mass is 260 g/mol. The topological polar surface area (TPSA) is 157 Å². The molecule has 0 saturated carbocycles. The Hall–Kier alpha value is -0.0900. The van der Waals surface area contributed by atoms with Crippen LogP contribution in [0.2, 0.25) is 0 Å². The summed E-state index contributed by atoms with van der Waals surface area (Å²) in [6.45, 7) is -1.71. The Bertz CT molecular complexity index is 290. The van der Waals surface area contributed by atoms with Gasteiger partial charge in [0.15, 0.2) is 0 Å². The van der Waals surface area contributed by atoms with E-state index < -0.39 is 45.1 Å². The number of phosphoric acid groups is 1. The van der Waals surface area contributed by atoms with Crippen molar-refractivity contribution < 1.29 is 44.0 Å². The molecule has 0 spiro atoms. The first-order valence-electron chi connectivity index (χ1n) is 4.27. The standard InChI is InChI=1S/C6H13O9P/c7-1-3-4(8)5(9)6(10,15-3)2-14-16(11,12)13/h3-5,7-10H,1-2H2,(H2,11,12,13)/t3-,4-,5+,6?/m1/s1. The second-order valence-electron chi connectivity index (χ2n) is 3.38. The van der Waals surface area contributed by atoms with E-state index in [-0.39, 0.29) is 0 Å². The zero-order valence-electron chi connectivity index (χ0n) is 8.00. The minimum absolute atomic E-state index is 0.670. The largest absolute Gasteiger partial charge is 0.469 e. The molecule has 96 valence electrons. The number of aliphatic hydroxyl groups excluding tert-OH is 3. The fourth-order valence-electron chi connectivity index (χ4n) is 1.31. The van der Waals surface area contributed by atoms with Crippen molar-refractivity contribution in [2.24, 2.45) is 0 Å². The molecule has 0 aromatic rings. The minimum Gasteiger partial charge on any atom is -0.394 e. The van der Waals surface area contributed by atoms with Gasteiger partial charge in [0.2, 0.25) is 5.79 Å². The number of rotatable bonds is 4. The Balaban J connectivity index is 2.67. The van der Waals surface area contributed by atoms with Crippen molar-refractivity contribution in [1.29, 1.82) is 0 Å². The lowest BCUT2D eigenvalue weighted by molar-refractivity contribution is -0.245. The SMILES string of the molecule is O=P(O)(O)OCC1(O)O[C@H](CO)[C@@H](O)[C@@H]1O. The molecule has 6 N–H and O–H groups in total. The summed E-state index contributed by atoms with van der Waals surface area (Å²) in [5, 5.41) is 36.9. The fourth-order valence-corrected chi connectivity index (χ4v) is 1.67. The average molecular weight is 260 g/mol. The molecule has 1 aliphatic rings. The summed E-state index contributed by atoms with van der Waals surface area (Å²) >= 11 is 0. The van der Waals surface area contributed by atoms with Crippen molar-refractivity contribution in [3.63, 3.8) is 0 Å². The molecule has 1 aliphatic heterocycles. The Morgan fingerprint density at radius 3 is 2.31 bits per heavy atom. The first-order valence-corrected chi connectivity index (χ1v) is 5.80. The van der Waals surface area contributed by atoms with E-state index in [9.17, 15) is 19.9 Å². The van der Waals surface area contributed by atoms with Crippen LogP contribution in [-0.2, 0) is 13.8 Å². The summed E-state index contributed by atoms with van der Waals surface area (Å²) in [7, 11) is -4.83. The summed E-state index contributed by atoms with van der Waals surface area (Å²) in [4.78, 5) is 16.8. The van der Waals surface area contributed by atoms with Crippen LogP contribution in [0.4, 0.5) is 0 Å². The maximum Gasteiger partial charge on any atom is 0.469 e. The van der Waals surface area contributed by atoms with Gasteiger partial charge in [-0.3, -0.25) is 4.52 Å². The summed E-state index contributed by atoms with van der Waals surface area (Å²) < 4.78 is 19.0. The molecule has 1 rings (SSSR count). The van der Waals surface area contributed by atoms with Crippen LogP contribution >= 0.6 is 7.82 Å². The van der Waals surface area contributed by atoms with E-state index in [1.807, 2.05) is 0 Å². The van der Waals surface area contributed by atoms with Crippen molar-refractivity contribution >= 4 is 7.82 Å². The van der Waals surface area contributed by atoms with E-state index in [4.69, 9.17) is 14.9 Å². The zero-order chi connectivity index (χ0) is 12.6. The van der Waals surface area contributed by atoms with Gasteiger partial charge in [0.1, 0.15) is 24.9 Å². The normalized spacial score (nSPS) is 40.2. The Labute approximate surface area is 90.1 Å². The highest BCUT2D eigenvalue weighted by atomic mass is 31.2. The number of phosphoric ester groups is 1. The van der Waals surface area contributed by atoms with Gasteiger partial charge in [-0.1, -0.05) is 0 Å². The summed E-state index contributed by atoms with van der Waals surface area (Å²) in [6.07, 6.45) is -4.66. The maximum absolute atomic E-state index is 10.4. The lowest BCUT2D eigenvalue weighted by atomic mass is 10.1. The van der Waals surface area contributed by atoms with Gasteiger partial charge in [0.05, 0.1) is 6.61 Å². The van der Waals surface area contributed by atoms with Crippen LogP contribution in [0.1, 0.15) is 0 Å². The second-order valence-corrected chi connectivity index (χ2v) is 4.62. The maximum atomic E-state index is 10.4. The average Bonchev–Trinajstić information content (AvgIpc) is 2.40. The summed E-state index contributed by atoms with van der Waals surface area (Å²) in [6, 6.07) is 0. The summed E-state index contributed by atoms with van der Waals surface area (Å²) in [5.41, 5.74) is 0. The van der Waals surface area contributed by atoms with Crippen molar-refractivity contribution in [1.82, 2.24) is 0 Å². The predicted molar refractivity (Wildman–Crippen MR) is 46.9 cm³/mol. The van der Waals surface area contributed by atoms with E-state index in [0.29, 0.717) is 0 Å². The first kappa shape index (κ1) is 14.0. The highest BCUT2D eigenvalue weighted by molar-refractivity contribution is 7.46. The number of aliphatic hydroxyl groups is 4. The molecule has 1 heterocycles. The highest BCUT2D eigenvalue weighted by Crippen LogP contribution is 2.39. The molecule has 9 nitrogen and oxygen atoms in total. The van der Waals surface area contributed by atoms with Gasteiger partial charge < -0.3 is 34.9 Å². The molecule has 16 heavy (non-hydrogen) atoms. The Morgan fingerprint density at radius 2 is 1.94 bits per heavy atom. The quantitative estimate of drug-likeness (QED) is 0.288. The van der Waals surface area contributed by atoms with E-state index in [0.717, 1.165) is 0 Å². The molecule has 1 unspecified atom stereocenters. The molecule has 0 aromatic heterocycles. The van der Waals surface area contributed by atoms with E-state index in [1.54, 1.807) is 0 Å². The van der Waals surface area contributed by atoms with Crippen molar-refractivity contribution in [2.45, 2.75) is 24.1 Å². The van der Waals surface area contributed by atoms with Crippen LogP contribution in [0, 0.1) is 0 Å². The van der Waals surface area contributed by atoms with Gasteiger partial charge >= 0.3 is 7.82 Å². The lowest BCUT2D eigenvalue weighted by Gasteiger charge is -2.25. The first-order chi connectivity index (χ1) is 7.19. The lowest BCUT2D eigenvalue weighted by Crippen LogP contribution is -2.46. The van der Waals surface area contributed by atoms with Crippen LogP contribution in [0.5, 0.6) is 0 Å². The van der Waals surface area contributed by atoms with Gasteiger partial charge in [-0.05, 0) is 0 Å². The van der Waals surface area contributed by atoms with Crippen molar-refractivity contribution in [3.05, 3.63) is 0 Å². The van der Waals surface area contributed by atoms with Crippen LogP contribution in [0.15, 0.2) is 0 Å². The van der Waals surface area contributed by atoms with Gasteiger partial charge in [-0.15, -0.1) is 0 Å². The highest BCUT2D eigenvalue weighted by Gasteiger charge is 2.54. The van der Waals surface area contributed by atoms with Crippen LogP contribution in [0.3, 0.4) is 0 Å². The number of hydrogen-bond donors (Lipinski definition) is 6. The van der Waals surface area contributed by atoms with E-state index in [1.165, 1.54) is 0 Å². The molecule has 4 atom stereocenters. The second kappa shape index (κ2) is 4.65. The molecule has 1 fully saturated rings. The minimum atomic E-state index is -4.83. The van der Waals surface area contributed by atoms with Crippen LogP contribution < -0.4 is 0 Å². The van der Waals surface area contributed by atoms with Crippen LogP contribution in [-0.4, -0.2) is 67.5 Å². The van der Waals surface area contributed by atoms with E-state index in [2.05, 4.69) is 9.26 Å². The molecule has 0 bridgehead atoms. The van der Waals surface area contributed by atoms with E-state index >= 15 is 0 Å². The van der Waals surface area contributed by atoms with Crippen molar-refractivity contribution in [3.8, 4) is 0 Å². The van der Waals surface area contributed by atoms with Crippen molar-refractivity contribution in [2.75, 3.05) is 13.2 Å². The molecule has 0 aliphatic carbocycles. The molecular formula is C6H13O9P. The van der Waals surface area contributed by atoms with Gasteiger partial charge in [0, 0.05) is 0 Å². The third kappa shape index (κ3) is 2.98. The third-order valence-electron chi connectivity index (χ3n) is 2.14. The van der Waals surface area contributed by atoms with Gasteiger partial charge in [-0.25, -0.2) is 4.57 Å². The zero-order valence-corrected chi connectivity index (χ0v) is 8.90. The third-order valence-corrected chi connectivity index (χ3v) is 2.61. The molecule has 1 saturated heterocycles. The Kier molecular flexibility index (Phi) is 4.06. The molecular weight excluding hydrogens is 247 g/mol. The number of ether oxygens (including phenoxy) is 1. The molecule has 0 aromatic carbocycles. The predicted octanol–water partition coefficient (Wildman–Crippen LogP) is -3.10.